The summed E-state index contributed by atoms with van der Waals surface area (Å²) in [5.74, 6) is 1.68. The molecular weight excluding hydrogens is 406 g/mol. The molecule has 0 radical (unpaired) electrons. The Morgan fingerprint density at radius 2 is 1.12 bits per heavy atom. The maximum Gasteiger partial charge on any atom is 0.155 e. The minimum absolute atomic E-state index is 0.0166. The minimum atomic E-state index is -0.698. The highest BCUT2D eigenvalue weighted by Gasteiger charge is 2.38. The number of rotatable bonds is 1. The Morgan fingerprint density at radius 1 is 0.667 bits per heavy atom. The van der Waals surface area contributed by atoms with Gasteiger partial charge in [0.15, 0.2) is 11.5 Å². The van der Waals surface area contributed by atoms with Gasteiger partial charge in [-0.15, -0.1) is 0 Å². The fraction of sp³-hybridized carbons (Fsp3) is 0.600. The SMILES string of the molecule is CC(O)N1c2cc(C(C)(C)C)cc(C(C)(C)C)c2Oc2cc(C(C)(C)C)cc(C(C)(C)C)c21. The first-order valence-electron chi connectivity index (χ1n) is 12.3. The smallest absolute Gasteiger partial charge is 0.155 e. The lowest BCUT2D eigenvalue weighted by atomic mass is 9.77. The van der Waals surface area contributed by atoms with Gasteiger partial charge in [0.05, 0.1) is 11.4 Å². The third-order valence-electron chi connectivity index (χ3n) is 6.58. The topological polar surface area (TPSA) is 32.7 Å². The van der Waals surface area contributed by atoms with E-state index in [1.807, 2.05) is 6.92 Å². The molecule has 1 unspecified atom stereocenters. The van der Waals surface area contributed by atoms with Crippen molar-refractivity contribution in [1.29, 1.82) is 0 Å². The van der Waals surface area contributed by atoms with Gasteiger partial charge in [-0.2, -0.15) is 0 Å². The van der Waals surface area contributed by atoms with Crippen LogP contribution in [0.15, 0.2) is 24.3 Å². The zero-order chi connectivity index (χ0) is 25.3. The summed E-state index contributed by atoms with van der Waals surface area (Å²) < 4.78 is 6.80. The molecule has 0 amide bonds. The number of aliphatic hydroxyl groups excluding tert-OH is 1. The van der Waals surface area contributed by atoms with E-state index in [9.17, 15) is 5.11 Å². The van der Waals surface area contributed by atoms with Crippen molar-refractivity contribution in [2.24, 2.45) is 0 Å². The Morgan fingerprint density at radius 3 is 1.55 bits per heavy atom. The summed E-state index contributed by atoms with van der Waals surface area (Å²) in [7, 11) is 0. The average Bonchev–Trinajstić information content (AvgIpc) is 2.60. The van der Waals surface area contributed by atoms with Crippen molar-refractivity contribution >= 4 is 11.4 Å². The first-order valence-corrected chi connectivity index (χ1v) is 12.3. The van der Waals surface area contributed by atoms with Crippen molar-refractivity contribution < 1.29 is 9.84 Å². The van der Waals surface area contributed by atoms with Crippen LogP contribution in [0.3, 0.4) is 0 Å². The Hall–Kier alpha value is -2.00. The van der Waals surface area contributed by atoms with Crippen LogP contribution in [0.1, 0.15) is 112 Å². The molecule has 3 heteroatoms. The predicted octanol–water partition coefficient (Wildman–Crippen LogP) is 8.46. The number of anilines is 2. The third kappa shape index (κ3) is 4.80. The summed E-state index contributed by atoms with van der Waals surface area (Å²) in [4.78, 5) is 2.09. The maximum atomic E-state index is 11.1. The van der Waals surface area contributed by atoms with Crippen LogP contribution >= 0.6 is 0 Å². The van der Waals surface area contributed by atoms with Crippen LogP contribution in [0, 0.1) is 0 Å². The van der Waals surface area contributed by atoms with Crippen LogP contribution in [-0.4, -0.2) is 11.3 Å². The average molecular weight is 452 g/mol. The Kier molecular flexibility index (Phi) is 6.03. The van der Waals surface area contributed by atoms with Crippen molar-refractivity contribution in [2.75, 3.05) is 4.90 Å². The summed E-state index contributed by atoms with van der Waals surface area (Å²) in [6.45, 7) is 28.7. The molecule has 0 saturated carbocycles. The number of benzene rings is 2. The van der Waals surface area contributed by atoms with E-state index in [1.165, 1.54) is 22.3 Å². The van der Waals surface area contributed by atoms with Gasteiger partial charge in [-0.3, -0.25) is 0 Å². The highest BCUT2D eigenvalue weighted by atomic mass is 16.5. The highest BCUT2D eigenvalue weighted by Crippen LogP contribution is 2.56. The van der Waals surface area contributed by atoms with Gasteiger partial charge in [0.25, 0.3) is 0 Å². The molecule has 1 heterocycles. The first kappa shape index (κ1) is 25.6. The molecule has 0 aromatic heterocycles. The molecule has 2 aromatic carbocycles. The number of aliphatic hydroxyl groups is 1. The molecular formula is C30H45NO2. The van der Waals surface area contributed by atoms with E-state index >= 15 is 0 Å². The van der Waals surface area contributed by atoms with Crippen molar-refractivity contribution in [3.8, 4) is 11.5 Å². The van der Waals surface area contributed by atoms with E-state index in [-0.39, 0.29) is 21.7 Å². The van der Waals surface area contributed by atoms with Crippen molar-refractivity contribution in [1.82, 2.24) is 0 Å². The predicted molar refractivity (Wildman–Crippen MR) is 142 cm³/mol. The molecule has 1 aliphatic rings. The molecule has 0 bridgehead atoms. The highest BCUT2D eigenvalue weighted by molar-refractivity contribution is 5.84. The molecule has 2 aromatic rings. The second kappa shape index (κ2) is 7.77. The molecule has 182 valence electrons. The van der Waals surface area contributed by atoms with Gasteiger partial charge in [0.2, 0.25) is 0 Å². The van der Waals surface area contributed by atoms with E-state index < -0.39 is 6.23 Å². The van der Waals surface area contributed by atoms with Crippen molar-refractivity contribution in [3.05, 3.63) is 46.5 Å². The Balaban J connectivity index is 2.46. The maximum absolute atomic E-state index is 11.1. The van der Waals surface area contributed by atoms with Gasteiger partial charge in [-0.05, 0) is 57.4 Å². The van der Waals surface area contributed by atoms with Crippen LogP contribution in [-0.2, 0) is 21.7 Å². The lowest BCUT2D eigenvalue weighted by Gasteiger charge is -2.42. The molecule has 0 saturated heterocycles. The molecule has 0 fully saturated rings. The zero-order valence-electron chi connectivity index (χ0n) is 23.2. The largest absolute Gasteiger partial charge is 0.453 e. The molecule has 33 heavy (non-hydrogen) atoms. The summed E-state index contributed by atoms with van der Waals surface area (Å²) in [5, 5.41) is 11.1. The van der Waals surface area contributed by atoms with Crippen LogP contribution < -0.4 is 9.64 Å². The molecule has 3 rings (SSSR count). The van der Waals surface area contributed by atoms with Gasteiger partial charge in [0.1, 0.15) is 6.23 Å². The summed E-state index contributed by atoms with van der Waals surface area (Å²) >= 11 is 0. The van der Waals surface area contributed by atoms with Crippen molar-refractivity contribution in [2.45, 2.75) is 118 Å². The number of fused-ring (bicyclic) bond motifs is 2. The third-order valence-corrected chi connectivity index (χ3v) is 6.58. The van der Waals surface area contributed by atoms with E-state index in [0.29, 0.717) is 0 Å². The fourth-order valence-corrected chi connectivity index (χ4v) is 4.45. The van der Waals surface area contributed by atoms with Gasteiger partial charge in [0, 0.05) is 5.56 Å². The van der Waals surface area contributed by atoms with E-state index in [0.717, 1.165) is 22.9 Å². The molecule has 0 aliphatic carbocycles. The summed E-state index contributed by atoms with van der Waals surface area (Å²) in [5.41, 5.74) is 6.49. The van der Waals surface area contributed by atoms with Crippen LogP contribution in [0.5, 0.6) is 11.5 Å². The standard InChI is InChI=1S/C30H45NO2/c1-18(32)31-23-16-19(27(2,3)4)15-22(30(11,12)13)26(23)33-24-17-20(28(5,6)7)14-21(25(24)31)29(8,9)10/h14-18,32H,1-13H3. The van der Waals surface area contributed by atoms with Crippen LogP contribution in [0.25, 0.3) is 0 Å². The molecule has 0 spiro atoms. The van der Waals surface area contributed by atoms with Gasteiger partial charge >= 0.3 is 0 Å². The Bertz CT molecular complexity index is 1050. The molecule has 3 nitrogen and oxygen atoms in total. The summed E-state index contributed by atoms with van der Waals surface area (Å²) in [6.07, 6.45) is -0.698. The van der Waals surface area contributed by atoms with Crippen LogP contribution in [0.2, 0.25) is 0 Å². The van der Waals surface area contributed by atoms with E-state index in [2.05, 4.69) is 112 Å². The van der Waals surface area contributed by atoms with Crippen LogP contribution in [0.4, 0.5) is 11.4 Å². The van der Waals surface area contributed by atoms with Crippen molar-refractivity contribution in [3.63, 3.8) is 0 Å². The second-order valence-corrected chi connectivity index (χ2v) is 13.8. The van der Waals surface area contributed by atoms with E-state index in [4.69, 9.17) is 4.74 Å². The van der Waals surface area contributed by atoms with Gasteiger partial charge < -0.3 is 14.7 Å². The first-order chi connectivity index (χ1) is 14.7. The minimum Gasteiger partial charge on any atom is -0.453 e. The number of hydrogen-bond acceptors (Lipinski definition) is 3. The van der Waals surface area contributed by atoms with E-state index in [1.54, 1.807) is 0 Å². The zero-order valence-corrected chi connectivity index (χ0v) is 23.2. The van der Waals surface area contributed by atoms with Gasteiger partial charge in [-0.25, -0.2) is 0 Å². The quantitative estimate of drug-likeness (QED) is 0.472. The normalized spacial score (nSPS) is 15.6. The second-order valence-electron chi connectivity index (χ2n) is 13.8. The number of nitrogens with zero attached hydrogens (tertiary/aromatic N) is 1. The number of hydrogen-bond donors (Lipinski definition) is 1. The monoisotopic (exact) mass is 451 g/mol. The lowest BCUT2D eigenvalue weighted by Crippen LogP contribution is -2.34. The fourth-order valence-electron chi connectivity index (χ4n) is 4.45. The van der Waals surface area contributed by atoms with Gasteiger partial charge in [-0.1, -0.05) is 95.2 Å². The Labute approximate surface area is 202 Å². The lowest BCUT2D eigenvalue weighted by molar-refractivity contribution is 0.197. The molecule has 1 aliphatic heterocycles. The molecule has 1 N–H and O–H groups in total. The number of ether oxygens (including phenoxy) is 1. The molecule has 1 atom stereocenters. The summed E-state index contributed by atoms with van der Waals surface area (Å²) in [6, 6.07) is 8.99.